The zero-order valence-electron chi connectivity index (χ0n) is 7.96. The van der Waals surface area contributed by atoms with Crippen LogP contribution >= 0.6 is 0 Å². The van der Waals surface area contributed by atoms with Crippen molar-refractivity contribution < 1.29 is 9.90 Å². The summed E-state index contributed by atoms with van der Waals surface area (Å²) < 4.78 is 0. The van der Waals surface area contributed by atoms with Gasteiger partial charge in [0.2, 0.25) is 0 Å². The van der Waals surface area contributed by atoms with E-state index in [1.165, 1.54) is 25.7 Å². The van der Waals surface area contributed by atoms with Gasteiger partial charge in [0.15, 0.2) is 0 Å². The lowest BCUT2D eigenvalue weighted by molar-refractivity contribution is -0.137. The fraction of sp³-hybridized carbons (Fsp3) is 0.818. The lowest BCUT2D eigenvalue weighted by Crippen LogP contribution is -2.33. The van der Waals surface area contributed by atoms with Gasteiger partial charge in [0.25, 0.3) is 0 Å². The van der Waals surface area contributed by atoms with Crippen LogP contribution < -0.4 is 0 Å². The normalized spacial score (nSPS) is 35.4. The molecule has 0 aromatic rings. The Bertz CT molecular complexity index is 198. The molecule has 0 bridgehead atoms. The van der Waals surface area contributed by atoms with Gasteiger partial charge in [-0.2, -0.15) is 0 Å². The summed E-state index contributed by atoms with van der Waals surface area (Å²) in [5.41, 5.74) is 0. The number of hydrogen-bond acceptors (Lipinski definition) is 1. The van der Waals surface area contributed by atoms with E-state index in [-0.39, 0.29) is 0 Å². The molecule has 2 unspecified atom stereocenters. The Hall–Kier alpha value is -0.530. The second-order valence-corrected chi connectivity index (χ2v) is 4.37. The topological polar surface area (TPSA) is 37.3 Å². The number of hydrogen-bond donors (Lipinski definition) is 1. The lowest BCUT2D eigenvalue weighted by atomic mass is 9.65. The van der Waals surface area contributed by atoms with E-state index in [2.05, 4.69) is 0 Å². The molecule has 2 nitrogen and oxygen atoms in total. The maximum absolute atomic E-state index is 11.0. The van der Waals surface area contributed by atoms with E-state index >= 15 is 0 Å². The second-order valence-electron chi connectivity index (χ2n) is 4.37. The molecule has 1 N–H and O–H groups in total. The molecule has 1 radical (unpaired) electrons. The maximum Gasteiger partial charge on any atom is 0.311 e. The van der Waals surface area contributed by atoms with E-state index < -0.39 is 5.97 Å². The molecule has 0 aromatic carbocycles. The molecule has 0 aromatic heterocycles. The van der Waals surface area contributed by atoms with Crippen LogP contribution in [0, 0.1) is 17.8 Å². The SMILES string of the molecule is O=C(O)[C]1CCCC2CCCCC12. The summed E-state index contributed by atoms with van der Waals surface area (Å²) in [5.74, 6) is 1.33. The molecule has 0 aliphatic heterocycles. The van der Waals surface area contributed by atoms with Crippen molar-refractivity contribution in [3.8, 4) is 0 Å². The van der Waals surface area contributed by atoms with Crippen molar-refractivity contribution in [3.63, 3.8) is 0 Å². The Morgan fingerprint density at radius 3 is 2.62 bits per heavy atom. The molecule has 0 spiro atoms. The molecule has 2 rings (SSSR count). The van der Waals surface area contributed by atoms with Gasteiger partial charge in [0, 0.05) is 0 Å². The highest BCUT2D eigenvalue weighted by Gasteiger charge is 2.38. The number of carboxylic acids is 1. The first-order valence-corrected chi connectivity index (χ1v) is 5.38. The molecule has 2 aliphatic carbocycles. The molecule has 0 heterocycles. The Labute approximate surface area is 79.3 Å². The minimum Gasteiger partial charge on any atom is -0.481 e. The van der Waals surface area contributed by atoms with E-state index in [0.717, 1.165) is 25.2 Å². The van der Waals surface area contributed by atoms with Crippen molar-refractivity contribution in [1.82, 2.24) is 0 Å². The van der Waals surface area contributed by atoms with Crippen LogP contribution in [-0.4, -0.2) is 11.1 Å². The van der Waals surface area contributed by atoms with Gasteiger partial charge in [-0.25, -0.2) is 0 Å². The van der Waals surface area contributed by atoms with Crippen LogP contribution in [0.3, 0.4) is 0 Å². The molecule has 2 heteroatoms. The van der Waals surface area contributed by atoms with Crippen LogP contribution in [0.5, 0.6) is 0 Å². The van der Waals surface area contributed by atoms with Gasteiger partial charge in [-0.15, -0.1) is 0 Å². The monoisotopic (exact) mass is 181 g/mol. The van der Waals surface area contributed by atoms with Gasteiger partial charge < -0.3 is 5.11 Å². The van der Waals surface area contributed by atoms with Crippen molar-refractivity contribution >= 4 is 5.97 Å². The van der Waals surface area contributed by atoms with Crippen LogP contribution in [-0.2, 0) is 4.79 Å². The Balaban J connectivity index is 2.06. The molecule has 13 heavy (non-hydrogen) atoms. The van der Waals surface area contributed by atoms with Gasteiger partial charge in [-0.05, 0) is 24.7 Å². The molecule has 0 saturated heterocycles. The molecule has 2 atom stereocenters. The van der Waals surface area contributed by atoms with Crippen LogP contribution in [0.25, 0.3) is 0 Å². The quantitative estimate of drug-likeness (QED) is 0.675. The fourth-order valence-electron chi connectivity index (χ4n) is 3.02. The third-order valence-electron chi connectivity index (χ3n) is 3.65. The Morgan fingerprint density at radius 2 is 1.85 bits per heavy atom. The number of aliphatic carboxylic acids is 1. The largest absolute Gasteiger partial charge is 0.481 e. The average Bonchev–Trinajstić information content (AvgIpc) is 2.17. The second kappa shape index (κ2) is 3.69. The van der Waals surface area contributed by atoms with E-state index in [0.29, 0.717) is 11.8 Å². The molecular weight excluding hydrogens is 164 g/mol. The third kappa shape index (κ3) is 1.72. The third-order valence-corrected chi connectivity index (χ3v) is 3.65. The summed E-state index contributed by atoms with van der Waals surface area (Å²) in [6, 6.07) is 0. The van der Waals surface area contributed by atoms with Crippen molar-refractivity contribution in [1.29, 1.82) is 0 Å². The standard InChI is InChI=1S/C11H17O2/c12-11(13)10-7-3-5-8-4-1-2-6-9(8)10/h8-9H,1-7H2,(H,12,13). The van der Waals surface area contributed by atoms with Crippen LogP contribution in [0.2, 0.25) is 0 Å². The molecule has 2 aliphatic rings. The Morgan fingerprint density at radius 1 is 1.15 bits per heavy atom. The zero-order chi connectivity index (χ0) is 9.26. The maximum atomic E-state index is 11.0. The lowest BCUT2D eigenvalue weighted by Gasteiger charge is -2.38. The predicted molar refractivity (Wildman–Crippen MR) is 50.2 cm³/mol. The van der Waals surface area contributed by atoms with Gasteiger partial charge in [0.1, 0.15) is 0 Å². The van der Waals surface area contributed by atoms with E-state index in [4.69, 9.17) is 5.11 Å². The highest BCUT2D eigenvalue weighted by molar-refractivity contribution is 5.83. The number of carboxylic acid groups (broad SMARTS) is 1. The van der Waals surface area contributed by atoms with E-state index in [1.807, 2.05) is 0 Å². The van der Waals surface area contributed by atoms with Crippen LogP contribution in [0.1, 0.15) is 44.9 Å². The summed E-state index contributed by atoms with van der Waals surface area (Å²) in [5, 5.41) is 9.04. The minimum absolute atomic E-state index is 0.431. The van der Waals surface area contributed by atoms with Crippen LogP contribution in [0.15, 0.2) is 0 Å². The van der Waals surface area contributed by atoms with Crippen molar-refractivity contribution in [2.24, 2.45) is 11.8 Å². The predicted octanol–water partition coefficient (Wildman–Crippen LogP) is 2.64. The fourth-order valence-corrected chi connectivity index (χ4v) is 3.02. The Kier molecular flexibility index (Phi) is 2.56. The number of fused-ring (bicyclic) bond motifs is 1. The van der Waals surface area contributed by atoms with Crippen molar-refractivity contribution in [3.05, 3.63) is 5.92 Å². The highest BCUT2D eigenvalue weighted by atomic mass is 16.4. The molecule has 2 saturated carbocycles. The van der Waals surface area contributed by atoms with Gasteiger partial charge in [-0.3, -0.25) is 4.79 Å². The van der Waals surface area contributed by atoms with Gasteiger partial charge in [0.05, 0.1) is 5.92 Å². The van der Waals surface area contributed by atoms with Crippen molar-refractivity contribution in [2.45, 2.75) is 44.9 Å². The summed E-state index contributed by atoms with van der Waals surface area (Å²) in [6.07, 6.45) is 8.15. The first-order valence-electron chi connectivity index (χ1n) is 5.38. The zero-order valence-corrected chi connectivity index (χ0v) is 7.96. The number of rotatable bonds is 1. The molecular formula is C11H17O2. The van der Waals surface area contributed by atoms with Gasteiger partial charge >= 0.3 is 5.97 Å². The smallest absolute Gasteiger partial charge is 0.311 e. The highest BCUT2D eigenvalue weighted by Crippen LogP contribution is 2.44. The summed E-state index contributed by atoms with van der Waals surface area (Å²) in [4.78, 5) is 11.0. The van der Waals surface area contributed by atoms with Crippen LogP contribution in [0.4, 0.5) is 0 Å². The summed E-state index contributed by atoms with van der Waals surface area (Å²) in [6.45, 7) is 0. The first kappa shape index (κ1) is 9.04. The molecule has 2 fully saturated rings. The summed E-state index contributed by atoms with van der Waals surface area (Å²) in [7, 11) is 0. The average molecular weight is 181 g/mol. The van der Waals surface area contributed by atoms with E-state index in [1.54, 1.807) is 0 Å². The van der Waals surface area contributed by atoms with E-state index in [9.17, 15) is 4.79 Å². The van der Waals surface area contributed by atoms with Crippen molar-refractivity contribution in [2.75, 3.05) is 0 Å². The summed E-state index contributed by atoms with van der Waals surface area (Å²) >= 11 is 0. The number of carbonyl (C=O) groups is 1. The molecule has 73 valence electrons. The molecule has 0 amide bonds. The minimum atomic E-state index is -0.628. The van der Waals surface area contributed by atoms with Gasteiger partial charge in [-0.1, -0.05) is 32.1 Å². The first-order chi connectivity index (χ1) is 6.29.